The molecule has 9 nitrogen and oxygen atoms in total. The van der Waals surface area contributed by atoms with Gasteiger partial charge in [0, 0.05) is 12.8 Å². The molecule has 10 heteroatoms. The molecule has 0 amide bonds. The SMILES string of the molecule is CC/C=C\C/C=C\C/C=C\C/C=C\C/C=C\C/C=C\C/C=C\CCCCCCCCCCCCCC(=O)OC(COC(=O)CCCCCCCCCCCCCCCCCCCCCC/C=C\C/C=C\C/C=C\C/C=C\CC)COP(=O)([O-])OCC[N+](C)(C)C. The zero-order valence-electron chi connectivity index (χ0n) is 58.8. The van der Waals surface area contributed by atoms with Gasteiger partial charge in [0.1, 0.15) is 19.8 Å². The molecule has 0 spiro atoms. The van der Waals surface area contributed by atoms with Gasteiger partial charge in [0.25, 0.3) is 7.82 Å². The fourth-order valence-corrected chi connectivity index (χ4v) is 10.8. The Morgan fingerprint density at radius 1 is 0.344 bits per heavy atom. The average Bonchev–Trinajstić information content (AvgIpc) is 3.58. The Balaban J connectivity index is 4.03. The Hall–Kier alpha value is -3.85. The first kappa shape index (κ1) is 86.2. The zero-order valence-corrected chi connectivity index (χ0v) is 59.7. The summed E-state index contributed by atoms with van der Waals surface area (Å²) in [5.41, 5.74) is 0. The summed E-state index contributed by atoms with van der Waals surface area (Å²) in [5, 5.41) is 0. The highest BCUT2D eigenvalue weighted by Gasteiger charge is 2.22. The lowest BCUT2D eigenvalue weighted by Crippen LogP contribution is -2.37. The van der Waals surface area contributed by atoms with Crippen molar-refractivity contribution in [1.82, 2.24) is 0 Å². The third-order valence-corrected chi connectivity index (χ3v) is 16.6. The summed E-state index contributed by atoms with van der Waals surface area (Å²) in [5.74, 6) is -0.832. The quantitative estimate of drug-likeness (QED) is 0.0195. The number of quaternary nitrogens is 1. The van der Waals surface area contributed by atoms with Crippen LogP contribution in [0, 0.1) is 0 Å². The second kappa shape index (κ2) is 69.5. The van der Waals surface area contributed by atoms with Crippen molar-refractivity contribution >= 4 is 19.8 Å². The van der Waals surface area contributed by atoms with Crippen molar-refractivity contribution in [2.24, 2.45) is 0 Å². The highest BCUT2D eigenvalue weighted by atomic mass is 31.2. The second-order valence-corrected chi connectivity index (χ2v) is 27.0. The number of esters is 2. The van der Waals surface area contributed by atoms with Crippen LogP contribution in [-0.4, -0.2) is 70.0 Å². The molecule has 0 bridgehead atoms. The van der Waals surface area contributed by atoms with Gasteiger partial charge in [-0.3, -0.25) is 14.2 Å². The van der Waals surface area contributed by atoms with E-state index in [1.54, 1.807) is 0 Å². The first-order valence-corrected chi connectivity index (χ1v) is 38.4. The van der Waals surface area contributed by atoms with Crippen molar-refractivity contribution in [1.29, 1.82) is 0 Å². The maximum Gasteiger partial charge on any atom is 0.306 e. The van der Waals surface area contributed by atoms with Crippen molar-refractivity contribution in [3.63, 3.8) is 0 Å². The topological polar surface area (TPSA) is 111 Å². The van der Waals surface area contributed by atoms with Gasteiger partial charge in [0.2, 0.25) is 0 Å². The minimum Gasteiger partial charge on any atom is -0.756 e. The number of ether oxygens (including phenoxy) is 2. The molecule has 0 saturated carbocycles. The van der Waals surface area contributed by atoms with E-state index in [0.717, 1.165) is 116 Å². The van der Waals surface area contributed by atoms with Crippen LogP contribution in [0.25, 0.3) is 0 Å². The molecule has 0 radical (unpaired) electrons. The molecule has 0 rings (SSSR count). The van der Waals surface area contributed by atoms with E-state index in [1.807, 2.05) is 21.1 Å². The standard InChI is InChI=1S/C80H138NO8P/c1-6-8-10-12-14-16-18-20-22-24-26-28-30-32-34-36-38-40-42-44-46-48-50-52-54-56-58-60-62-64-66-68-70-72-79(82)86-76-78(77-88-90(84,85)87-75-74-81(3,4)5)89-80(83)73-71-69-67-65-63-61-59-57-55-53-51-49-47-45-43-41-39-37-35-33-31-29-27-25-23-21-19-17-15-13-11-9-7-2/h8-11,14-17,20-23,26-29,33,35,39,41,45,47,78H,6-7,12-13,18-19,24-25,30-32,34,36-38,40,42-44,46,48-77H2,1-5H3/b10-8-,11-9-,16-14-,17-15-,22-20-,23-21-,28-26-,29-27-,35-33-,41-39-,47-45-. The molecule has 0 aromatic carbocycles. The number of rotatable bonds is 67. The molecule has 0 aliphatic heterocycles. The minimum atomic E-state index is -4.65. The van der Waals surface area contributed by atoms with Crippen LogP contribution >= 0.6 is 7.82 Å². The number of carbonyl (C=O) groups excluding carboxylic acids is 2. The van der Waals surface area contributed by atoms with Gasteiger partial charge in [-0.05, 0) is 109 Å². The molecule has 0 aliphatic rings. The molecule has 0 heterocycles. The van der Waals surface area contributed by atoms with E-state index in [9.17, 15) is 19.0 Å². The molecule has 516 valence electrons. The average molecular weight is 1270 g/mol. The van der Waals surface area contributed by atoms with Gasteiger partial charge < -0.3 is 27.9 Å². The van der Waals surface area contributed by atoms with Gasteiger partial charge in [-0.25, -0.2) is 0 Å². The summed E-state index contributed by atoms with van der Waals surface area (Å²) >= 11 is 0. The maximum absolute atomic E-state index is 12.9. The number of hydrogen-bond donors (Lipinski definition) is 0. The third-order valence-electron chi connectivity index (χ3n) is 15.7. The van der Waals surface area contributed by atoms with Crippen LogP contribution in [0.4, 0.5) is 0 Å². The highest BCUT2D eigenvalue weighted by Crippen LogP contribution is 2.38. The molecule has 0 aromatic rings. The second-order valence-electron chi connectivity index (χ2n) is 25.5. The Morgan fingerprint density at radius 2 is 0.600 bits per heavy atom. The molecule has 90 heavy (non-hydrogen) atoms. The van der Waals surface area contributed by atoms with Crippen molar-refractivity contribution < 1.29 is 42.1 Å². The van der Waals surface area contributed by atoms with E-state index in [2.05, 4.69) is 148 Å². The van der Waals surface area contributed by atoms with Crippen LogP contribution in [-0.2, 0) is 32.7 Å². The fourth-order valence-electron chi connectivity index (χ4n) is 10.1. The monoisotopic (exact) mass is 1270 g/mol. The Morgan fingerprint density at radius 3 is 0.889 bits per heavy atom. The number of nitrogens with zero attached hydrogens (tertiary/aromatic N) is 1. The minimum absolute atomic E-state index is 0.0355. The van der Waals surface area contributed by atoms with E-state index < -0.39 is 26.5 Å². The Kier molecular flexibility index (Phi) is 66.5. The van der Waals surface area contributed by atoms with Gasteiger partial charge in [-0.1, -0.05) is 321 Å². The normalized spacial score (nSPS) is 13.9. The van der Waals surface area contributed by atoms with E-state index in [1.165, 1.54) is 161 Å². The molecule has 0 N–H and O–H groups in total. The van der Waals surface area contributed by atoms with Crippen LogP contribution in [0.2, 0.25) is 0 Å². The highest BCUT2D eigenvalue weighted by molar-refractivity contribution is 7.45. The van der Waals surface area contributed by atoms with Crippen LogP contribution in [0.1, 0.15) is 309 Å². The van der Waals surface area contributed by atoms with Crippen LogP contribution in [0.3, 0.4) is 0 Å². The summed E-state index contributed by atoms with van der Waals surface area (Å²) in [6.07, 6.45) is 101. The van der Waals surface area contributed by atoms with Crippen LogP contribution in [0.15, 0.2) is 134 Å². The van der Waals surface area contributed by atoms with Gasteiger partial charge >= 0.3 is 11.9 Å². The van der Waals surface area contributed by atoms with E-state index in [4.69, 9.17) is 18.5 Å². The number of hydrogen-bond acceptors (Lipinski definition) is 8. The Bertz CT molecular complexity index is 1980. The number of likely N-dealkylation sites (N-methyl/N-ethyl adjacent to an activating group) is 1. The summed E-state index contributed by atoms with van der Waals surface area (Å²) in [4.78, 5) is 38.1. The van der Waals surface area contributed by atoms with Gasteiger partial charge in [0.05, 0.1) is 27.7 Å². The number of unbranched alkanes of at least 4 members (excludes halogenated alkanes) is 31. The summed E-state index contributed by atoms with van der Waals surface area (Å²) in [6.45, 7) is 4.03. The molecule has 0 aliphatic carbocycles. The van der Waals surface area contributed by atoms with Crippen molar-refractivity contribution in [2.45, 2.75) is 315 Å². The first-order chi connectivity index (χ1) is 44.0. The van der Waals surface area contributed by atoms with Crippen molar-refractivity contribution in [3.8, 4) is 0 Å². The lowest BCUT2D eigenvalue weighted by atomic mass is 10.0. The lowest BCUT2D eigenvalue weighted by Gasteiger charge is -2.28. The van der Waals surface area contributed by atoms with Gasteiger partial charge in [0.15, 0.2) is 6.10 Å². The predicted molar refractivity (Wildman–Crippen MR) is 388 cm³/mol. The first-order valence-electron chi connectivity index (χ1n) is 36.9. The van der Waals surface area contributed by atoms with Crippen LogP contribution in [0.5, 0.6) is 0 Å². The predicted octanol–water partition coefficient (Wildman–Crippen LogP) is 23.8. The van der Waals surface area contributed by atoms with E-state index >= 15 is 0 Å². The molecule has 2 atom stereocenters. The summed E-state index contributed by atoms with van der Waals surface area (Å²) in [6, 6.07) is 0. The molecule has 2 unspecified atom stereocenters. The van der Waals surface area contributed by atoms with Gasteiger partial charge in [-0.15, -0.1) is 0 Å². The lowest BCUT2D eigenvalue weighted by molar-refractivity contribution is -0.870. The third kappa shape index (κ3) is 73.2. The smallest absolute Gasteiger partial charge is 0.306 e. The largest absolute Gasteiger partial charge is 0.756 e. The van der Waals surface area contributed by atoms with E-state index in [-0.39, 0.29) is 32.0 Å². The molecule has 0 fully saturated rings. The van der Waals surface area contributed by atoms with Gasteiger partial charge in [-0.2, -0.15) is 0 Å². The number of carbonyl (C=O) groups is 2. The fraction of sp³-hybridized carbons (Fsp3) is 0.700. The number of phosphoric acid groups is 1. The Labute approximate surface area is 555 Å². The number of allylic oxidation sites excluding steroid dienone is 22. The summed E-state index contributed by atoms with van der Waals surface area (Å²) in [7, 11) is 1.16. The van der Waals surface area contributed by atoms with E-state index in [0.29, 0.717) is 17.4 Å². The van der Waals surface area contributed by atoms with Crippen molar-refractivity contribution in [2.75, 3.05) is 47.5 Å². The van der Waals surface area contributed by atoms with Crippen LogP contribution < -0.4 is 4.89 Å². The van der Waals surface area contributed by atoms with Crippen molar-refractivity contribution in [3.05, 3.63) is 134 Å². The zero-order chi connectivity index (χ0) is 65.5. The number of phosphoric ester groups is 1. The molecular weight excluding hydrogens is 1130 g/mol. The molecular formula is C80H138NO8P. The molecule has 0 saturated heterocycles. The summed E-state index contributed by atoms with van der Waals surface area (Å²) < 4.78 is 34.4. The maximum atomic E-state index is 12.9. The molecule has 0 aromatic heterocycles.